The van der Waals surface area contributed by atoms with Gasteiger partial charge in [-0.05, 0) is 45.1 Å². The number of likely N-dealkylation sites (N-methyl/N-ethyl adjacent to an activating group) is 1. The summed E-state index contributed by atoms with van der Waals surface area (Å²) in [6.07, 6.45) is 4.02. The number of ether oxygens (including phenoxy) is 1. The molecule has 2 N–H and O–H groups in total. The molecule has 0 spiro atoms. The number of halogens is 2. The number of nitrogens with one attached hydrogen (secondary N) is 2. The lowest BCUT2D eigenvalue weighted by atomic mass is 10.1. The van der Waals surface area contributed by atoms with E-state index in [2.05, 4.69) is 37.0 Å². The minimum Gasteiger partial charge on any atom is -0.486 e. The van der Waals surface area contributed by atoms with Crippen LogP contribution in [0.5, 0.6) is 5.75 Å². The fraction of sp³-hybridized carbons (Fsp3) is 0.375. The highest BCUT2D eigenvalue weighted by Crippen LogP contribution is 2.35. The van der Waals surface area contributed by atoms with Crippen LogP contribution in [0.2, 0.25) is 10.0 Å². The highest BCUT2D eigenvalue weighted by atomic mass is 35.5. The number of hydrogen-bond acceptors (Lipinski definition) is 6. The first-order valence-electron chi connectivity index (χ1n) is 11.4. The minimum atomic E-state index is -0.344. The van der Waals surface area contributed by atoms with Crippen LogP contribution in [0.15, 0.2) is 30.6 Å². The van der Waals surface area contributed by atoms with Gasteiger partial charge in [-0.3, -0.25) is 15.0 Å². The summed E-state index contributed by atoms with van der Waals surface area (Å²) in [6.45, 7) is 5.99. The summed E-state index contributed by atoms with van der Waals surface area (Å²) in [5.74, 6) is 1.48. The van der Waals surface area contributed by atoms with Gasteiger partial charge in [0.05, 0.1) is 26.9 Å². The number of rotatable bonds is 5. The van der Waals surface area contributed by atoms with E-state index in [1.165, 1.54) is 12.1 Å². The Bertz CT molecular complexity index is 1320. The number of pyridine rings is 1. The van der Waals surface area contributed by atoms with Crippen LogP contribution in [-0.2, 0) is 13.1 Å². The number of imidazole rings is 1. The van der Waals surface area contributed by atoms with Crippen molar-refractivity contribution in [3.8, 4) is 17.3 Å². The second-order valence-electron chi connectivity index (χ2n) is 9.18. The van der Waals surface area contributed by atoms with Gasteiger partial charge in [0.15, 0.2) is 5.82 Å². The molecule has 4 aromatic rings. The van der Waals surface area contributed by atoms with Crippen LogP contribution in [0.3, 0.4) is 0 Å². The summed E-state index contributed by atoms with van der Waals surface area (Å²) < 4.78 is 6.19. The number of aromatic amines is 2. The molecule has 8 nitrogen and oxygen atoms in total. The van der Waals surface area contributed by atoms with Crippen LogP contribution < -0.4 is 4.74 Å². The second kappa shape index (κ2) is 8.53. The first-order chi connectivity index (χ1) is 16.5. The van der Waals surface area contributed by atoms with Gasteiger partial charge in [-0.1, -0.05) is 23.2 Å². The SMILES string of the molecule is CC(Oc1ccc2[nH]nc(-c3nc4c([nH]3)CN(C3CCN(C)C3)C4)c2c1)c1c(Cl)cncc1Cl. The van der Waals surface area contributed by atoms with Gasteiger partial charge in [-0.2, -0.15) is 5.10 Å². The van der Waals surface area contributed by atoms with Crippen molar-refractivity contribution < 1.29 is 4.74 Å². The zero-order chi connectivity index (χ0) is 23.4. The van der Waals surface area contributed by atoms with E-state index in [1.807, 2.05) is 25.1 Å². The molecule has 2 aliphatic heterocycles. The molecule has 2 aliphatic rings. The maximum absolute atomic E-state index is 6.31. The van der Waals surface area contributed by atoms with E-state index in [0.717, 1.165) is 54.3 Å². The zero-order valence-electron chi connectivity index (χ0n) is 19.0. The molecule has 2 atom stereocenters. The number of fused-ring (bicyclic) bond motifs is 2. The Morgan fingerprint density at radius 3 is 2.74 bits per heavy atom. The van der Waals surface area contributed by atoms with Gasteiger partial charge in [-0.25, -0.2) is 4.98 Å². The molecule has 0 radical (unpaired) electrons. The summed E-state index contributed by atoms with van der Waals surface area (Å²) in [4.78, 5) is 17.4. The number of likely N-dealkylation sites (tertiary alicyclic amines) is 1. The molecule has 6 rings (SSSR count). The third-order valence-electron chi connectivity index (χ3n) is 6.83. The van der Waals surface area contributed by atoms with Gasteiger partial charge in [0.2, 0.25) is 0 Å². The minimum absolute atomic E-state index is 0.344. The molecule has 0 bridgehead atoms. The van der Waals surface area contributed by atoms with Crippen LogP contribution in [-0.4, -0.2) is 61.1 Å². The molecule has 176 valence electrons. The standard InChI is InChI=1S/C24H25Cl2N7O/c1-13(22-17(25)8-27-9-18(22)26)34-15-3-4-19-16(7-15)23(31-30-19)24-28-20-11-33(12-21(20)29-24)14-5-6-32(2)10-14/h3-4,7-9,13-14H,5-6,10-12H2,1-2H3,(H,28,29)(H,30,31). The number of hydrogen-bond donors (Lipinski definition) is 2. The Labute approximate surface area is 207 Å². The first kappa shape index (κ1) is 21.9. The Morgan fingerprint density at radius 1 is 1.18 bits per heavy atom. The highest BCUT2D eigenvalue weighted by molar-refractivity contribution is 6.35. The third kappa shape index (κ3) is 3.84. The van der Waals surface area contributed by atoms with Crippen molar-refractivity contribution in [1.29, 1.82) is 0 Å². The maximum atomic E-state index is 6.31. The highest BCUT2D eigenvalue weighted by Gasteiger charge is 2.32. The number of aromatic nitrogens is 5. The van der Waals surface area contributed by atoms with Crippen molar-refractivity contribution in [3.63, 3.8) is 0 Å². The van der Waals surface area contributed by atoms with Gasteiger partial charge in [0.1, 0.15) is 17.5 Å². The largest absolute Gasteiger partial charge is 0.486 e. The van der Waals surface area contributed by atoms with Gasteiger partial charge in [0, 0.05) is 49.0 Å². The Hall–Kier alpha value is -2.65. The van der Waals surface area contributed by atoms with Crippen molar-refractivity contribution in [3.05, 3.63) is 57.6 Å². The number of nitrogens with zero attached hydrogens (tertiary/aromatic N) is 5. The average molecular weight is 498 g/mol. The summed E-state index contributed by atoms with van der Waals surface area (Å²) in [6, 6.07) is 6.44. The van der Waals surface area contributed by atoms with E-state index in [-0.39, 0.29) is 6.10 Å². The van der Waals surface area contributed by atoms with Gasteiger partial charge in [0.25, 0.3) is 0 Å². The van der Waals surface area contributed by atoms with Gasteiger partial charge >= 0.3 is 0 Å². The lowest BCUT2D eigenvalue weighted by Crippen LogP contribution is -2.33. The van der Waals surface area contributed by atoms with Crippen LogP contribution in [0, 0.1) is 0 Å². The molecule has 3 aromatic heterocycles. The van der Waals surface area contributed by atoms with E-state index >= 15 is 0 Å². The molecule has 0 amide bonds. The molecule has 2 unspecified atom stereocenters. The molecular weight excluding hydrogens is 473 g/mol. The Kier molecular flexibility index (Phi) is 5.49. The van der Waals surface area contributed by atoms with Gasteiger partial charge in [-0.15, -0.1) is 0 Å². The van der Waals surface area contributed by atoms with E-state index in [4.69, 9.17) is 32.9 Å². The fourth-order valence-corrected chi connectivity index (χ4v) is 5.73. The molecule has 0 aliphatic carbocycles. The van der Waals surface area contributed by atoms with E-state index < -0.39 is 0 Å². The smallest absolute Gasteiger partial charge is 0.159 e. The lowest BCUT2D eigenvalue weighted by Gasteiger charge is -2.22. The molecular formula is C24H25Cl2N7O. The fourth-order valence-electron chi connectivity index (χ4n) is 5.06. The number of benzene rings is 1. The third-order valence-corrected chi connectivity index (χ3v) is 7.43. The molecule has 5 heterocycles. The normalized spacial score (nSPS) is 19.7. The van der Waals surface area contributed by atoms with Crippen molar-refractivity contribution in [2.45, 2.75) is 38.6 Å². The average Bonchev–Trinajstić information content (AvgIpc) is 3.55. The molecule has 10 heteroatoms. The predicted molar refractivity (Wildman–Crippen MR) is 132 cm³/mol. The summed E-state index contributed by atoms with van der Waals surface area (Å²) in [7, 11) is 2.19. The van der Waals surface area contributed by atoms with Crippen LogP contribution in [0.4, 0.5) is 0 Å². The Morgan fingerprint density at radius 2 is 2.00 bits per heavy atom. The van der Waals surface area contributed by atoms with E-state index in [9.17, 15) is 0 Å². The quantitative estimate of drug-likeness (QED) is 0.411. The lowest BCUT2D eigenvalue weighted by molar-refractivity contribution is 0.198. The zero-order valence-corrected chi connectivity index (χ0v) is 20.5. The topological polar surface area (TPSA) is 86.0 Å². The van der Waals surface area contributed by atoms with Crippen molar-refractivity contribution >= 4 is 34.1 Å². The van der Waals surface area contributed by atoms with Crippen LogP contribution >= 0.6 is 23.2 Å². The molecule has 1 fully saturated rings. The molecule has 34 heavy (non-hydrogen) atoms. The maximum Gasteiger partial charge on any atom is 0.159 e. The summed E-state index contributed by atoms with van der Waals surface area (Å²) >= 11 is 12.6. The van der Waals surface area contributed by atoms with E-state index in [1.54, 1.807) is 12.4 Å². The summed E-state index contributed by atoms with van der Waals surface area (Å²) in [5.41, 5.74) is 4.72. The predicted octanol–water partition coefficient (Wildman–Crippen LogP) is 4.81. The first-order valence-corrected chi connectivity index (χ1v) is 12.2. The van der Waals surface area contributed by atoms with E-state index in [0.29, 0.717) is 27.4 Å². The molecule has 0 saturated carbocycles. The van der Waals surface area contributed by atoms with Crippen molar-refractivity contribution in [2.75, 3.05) is 20.1 Å². The number of H-pyrrole nitrogens is 2. The summed E-state index contributed by atoms with van der Waals surface area (Å²) in [5, 5.41) is 9.56. The van der Waals surface area contributed by atoms with Crippen molar-refractivity contribution in [2.24, 2.45) is 0 Å². The molecule has 1 saturated heterocycles. The van der Waals surface area contributed by atoms with Crippen molar-refractivity contribution in [1.82, 2.24) is 34.9 Å². The Balaban J connectivity index is 1.24. The monoisotopic (exact) mass is 497 g/mol. The van der Waals surface area contributed by atoms with Crippen LogP contribution in [0.1, 0.15) is 36.4 Å². The second-order valence-corrected chi connectivity index (χ2v) is 9.99. The van der Waals surface area contributed by atoms with Crippen LogP contribution in [0.25, 0.3) is 22.4 Å². The van der Waals surface area contributed by atoms with Gasteiger partial charge < -0.3 is 14.6 Å². The molecule has 1 aromatic carbocycles.